The Morgan fingerprint density at radius 2 is 1.96 bits per heavy atom. The molecule has 0 aromatic carbocycles. The highest BCUT2D eigenvalue weighted by molar-refractivity contribution is 5.78. The van der Waals surface area contributed by atoms with Gasteiger partial charge in [0.05, 0.1) is 0 Å². The Hall–Kier alpha value is -3.49. The fourth-order valence-corrected chi connectivity index (χ4v) is 2.49. The van der Waals surface area contributed by atoms with Gasteiger partial charge >= 0.3 is 0 Å². The molecule has 0 saturated carbocycles. The number of aromatic nitrogens is 7. The van der Waals surface area contributed by atoms with Gasteiger partial charge in [-0.05, 0) is 12.1 Å². The molecule has 9 nitrogen and oxygen atoms in total. The number of anilines is 1. The average molecular weight is 322 g/mol. The Bertz CT molecular complexity index is 1120. The third kappa shape index (κ3) is 2.14. The zero-order valence-corrected chi connectivity index (χ0v) is 13.1. The molecule has 0 aliphatic rings. The van der Waals surface area contributed by atoms with Crippen molar-refractivity contribution in [2.75, 3.05) is 5.73 Å². The van der Waals surface area contributed by atoms with Crippen molar-refractivity contribution < 1.29 is 0 Å². The summed E-state index contributed by atoms with van der Waals surface area (Å²) in [6, 6.07) is 5.05. The van der Waals surface area contributed by atoms with E-state index in [2.05, 4.69) is 20.2 Å². The first-order chi connectivity index (χ1) is 11.5. The molecule has 0 aliphatic heterocycles. The minimum Gasteiger partial charge on any atom is -0.368 e. The molecule has 0 fully saturated rings. The number of fused-ring (bicyclic) bond motifs is 1. The van der Waals surface area contributed by atoms with Gasteiger partial charge in [-0.3, -0.25) is 9.48 Å². The molecule has 0 aliphatic carbocycles. The van der Waals surface area contributed by atoms with Crippen molar-refractivity contribution in [2.24, 2.45) is 14.1 Å². The highest BCUT2D eigenvalue weighted by atomic mass is 16.1. The standard InChI is InChI=1S/C15H14N8O/c1-21-8-9(3-4-12(21)24)10-7-17-15(16)23-14(10)18-13(20-23)11-5-6-22(2)19-11/h3-8H,1-2H3,(H2,16,17). The highest BCUT2D eigenvalue weighted by Gasteiger charge is 2.15. The molecule has 24 heavy (non-hydrogen) atoms. The first-order valence-electron chi connectivity index (χ1n) is 7.21. The lowest BCUT2D eigenvalue weighted by Gasteiger charge is -2.05. The topological polar surface area (TPSA) is 109 Å². The Morgan fingerprint density at radius 3 is 2.67 bits per heavy atom. The molecule has 0 saturated heterocycles. The highest BCUT2D eigenvalue weighted by Crippen LogP contribution is 2.25. The monoisotopic (exact) mass is 322 g/mol. The molecular formula is C15H14N8O. The van der Waals surface area contributed by atoms with Crippen molar-refractivity contribution in [3.8, 4) is 22.6 Å². The fraction of sp³-hybridized carbons (Fsp3) is 0.133. The summed E-state index contributed by atoms with van der Waals surface area (Å²) in [7, 11) is 3.52. The van der Waals surface area contributed by atoms with E-state index in [0.29, 0.717) is 17.2 Å². The maximum absolute atomic E-state index is 11.6. The molecule has 9 heteroatoms. The summed E-state index contributed by atoms with van der Waals surface area (Å²) in [6.45, 7) is 0. The SMILES string of the molecule is Cn1ccc(-c2nc3c(-c4ccc(=O)n(C)c4)cnc(N)n3n2)n1. The maximum atomic E-state index is 11.6. The first kappa shape index (κ1) is 14.1. The maximum Gasteiger partial charge on any atom is 0.250 e. The Balaban J connectivity index is 1.96. The van der Waals surface area contributed by atoms with Gasteiger partial charge in [-0.25, -0.2) is 9.97 Å². The van der Waals surface area contributed by atoms with E-state index in [1.54, 1.807) is 30.2 Å². The summed E-state index contributed by atoms with van der Waals surface area (Å²) in [4.78, 5) is 20.3. The molecule has 0 spiro atoms. The number of pyridine rings is 1. The van der Waals surface area contributed by atoms with E-state index in [0.717, 1.165) is 11.1 Å². The van der Waals surface area contributed by atoms with Gasteiger partial charge in [0.25, 0.3) is 0 Å². The average Bonchev–Trinajstić information content (AvgIpc) is 3.17. The van der Waals surface area contributed by atoms with Gasteiger partial charge in [-0.2, -0.15) is 9.61 Å². The van der Waals surface area contributed by atoms with E-state index in [-0.39, 0.29) is 11.5 Å². The largest absolute Gasteiger partial charge is 0.368 e. The van der Waals surface area contributed by atoms with Crippen molar-refractivity contribution in [1.82, 2.24) is 33.9 Å². The van der Waals surface area contributed by atoms with E-state index in [9.17, 15) is 4.79 Å². The first-order valence-corrected chi connectivity index (χ1v) is 7.21. The van der Waals surface area contributed by atoms with Gasteiger partial charge in [0.1, 0.15) is 5.69 Å². The van der Waals surface area contributed by atoms with Crippen LogP contribution in [0, 0.1) is 0 Å². The number of nitrogen functional groups attached to an aromatic ring is 1. The third-order valence-electron chi connectivity index (χ3n) is 3.73. The fourth-order valence-electron chi connectivity index (χ4n) is 2.49. The molecule has 120 valence electrons. The van der Waals surface area contributed by atoms with Crippen molar-refractivity contribution in [3.63, 3.8) is 0 Å². The molecule has 0 amide bonds. The van der Waals surface area contributed by atoms with Crippen LogP contribution in [0.5, 0.6) is 0 Å². The van der Waals surface area contributed by atoms with Crippen molar-refractivity contribution in [1.29, 1.82) is 0 Å². The van der Waals surface area contributed by atoms with E-state index in [1.807, 2.05) is 19.3 Å². The van der Waals surface area contributed by atoms with E-state index in [4.69, 9.17) is 5.73 Å². The number of nitrogens with two attached hydrogens (primary N) is 1. The van der Waals surface area contributed by atoms with Crippen LogP contribution in [0.2, 0.25) is 0 Å². The van der Waals surface area contributed by atoms with Gasteiger partial charge in [-0.1, -0.05) is 0 Å². The second-order valence-electron chi connectivity index (χ2n) is 5.44. The normalized spacial score (nSPS) is 11.2. The summed E-state index contributed by atoms with van der Waals surface area (Å²) in [5.74, 6) is 0.689. The van der Waals surface area contributed by atoms with Crippen LogP contribution in [0.15, 0.2) is 41.6 Å². The number of rotatable bonds is 2. The van der Waals surface area contributed by atoms with Crippen LogP contribution in [0.25, 0.3) is 28.3 Å². The number of hydrogen-bond donors (Lipinski definition) is 1. The minimum absolute atomic E-state index is 0.0891. The quantitative estimate of drug-likeness (QED) is 0.575. The van der Waals surface area contributed by atoms with Crippen LogP contribution >= 0.6 is 0 Å². The molecule has 4 rings (SSSR count). The predicted molar refractivity (Wildman–Crippen MR) is 88.1 cm³/mol. The summed E-state index contributed by atoms with van der Waals surface area (Å²) in [6.07, 6.45) is 5.17. The van der Waals surface area contributed by atoms with Crippen molar-refractivity contribution in [2.45, 2.75) is 0 Å². The molecule has 4 aromatic rings. The van der Waals surface area contributed by atoms with Crippen LogP contribution in [-0.4, -0.2) is 33.9 Å². The zero-order chi connectivity index (χ0) is 16.8. The smallest absolute Gasteiger partial charge is 0.250 e. The van der Waals surface area contributed by atoms with Crippen LogP contribution in [0.1, 0.15) is 0 Å². The number of aryl methyl sites for hydroxylation is 2. The summed E-state index contributed by atoms with van der Waals surface area (Å²) in [5.41, 5.74) is 8.57. The molecule has 4 aromatic heterocycles. The lowest BCUT2D eigenvalue weighted by atomic mass is 10.1. The van der Waals surface area contributed by atoms with E-state index < -0.39 is 0 Å². The molecular weight excluding hydrogens is 308 g/mol. The second-order valence-corrected chi connectivity index (χ2v) is 5.44. The van der Waals surface area contributed by atoms with E-state index >= 15 is 0 Å². The molecule has 2 N–H and O–H groups in total. The number of nitrogens with zero attached hydrogens (tertiary/aromatic N) is 7. The van der Waals surface area contributed by atoms with Gasteiger partial charge in [-0.15, -0.1) is 5.10 Å². The van der Waals surface area contributed by atoms with Gasteiger partial charge in [0.2, 0.25) is 17.3 Å². The van der Waals surface area contributed by atoms with Crippen LogP contribution < -0.4 is 11.3 Å². The Kier molecular flexibility index (Phi) is 2.95. The molecule has 0 unspecified atom stereocenters. The molecule has 4 heterocycles. The van der Waals surface area contributed by atoms with Crippen LogP contribution in [0.3, 0.4) is 0 Å². The van der Waals surface area contributed by atoms with E-state index in [1.165, 1.54) is 15.1 Å². The number of hydrogen-bond acceptors (Lipinski definition) is 6. The van der Waals surface area contributed by atoms with Gasteiger partial charge in [0.15, 0.2) is 5.65 Å². The predicted octanol–water partition coefficient (Wildman–Crippen LogP) is 0.473. The summed E-state index contributed by atoms with van der Waals surface area (Å²) in [5, 5.41) is 8.70. The lowest BCUT2D eigenvalue weighted by Crippen LogP contribution is -2.14. The van der Waals surface area contributed by atoms with Gasteiger partial charge in [0, 0.05) is 49.9 Å². The minimum atomic E-state index is -0.0891. The van der Waals surface area contributed by atoms with Crippen LogP contribution in [0.4, 0.5) is 5.95 Å². The Morgan fingerprint density at radius 1 is 1.12 bits per heavy atom. The molecule has 0 radical (unpaired) electrons. The van der Waals surface area contributed by atoms with Gasteiger partial charge < -0.3 is 10.3 Å². The van der Waals surface area contributed by atoms with Crippen molar-refractivity contribution >= 4 is 11.6 Å². The second kappa shape index (κ2) is 5.01. The summed E-state index contributed by atoms with van der Waals surface area (Å²) >= 11 is 0. The lowest BCUT2D eigenvalue weighted by molar-refractivity contribution is 0.768. The van der Waals surface area contributed by atoms with Crippen molar-refractivity contribution in [3.05, 3.63) is 47.1 Å². The van der Waals surface area contributed by atoms with Crippen LogP contribution in [-0.2, 0) is 14.1 Å². The zero-order valence-electron chi connectivity index (χ0n) is 13.1. The third-order valence-corrected chi connectivity index (χ3v) is 3.73. The molecule has 0 atom stereocenters. The molecule has 0 bridgehead atoms. The Labute approximate surface area is 136 Å². The summed E-state index contributed by atoms with van der Waals surface area (Å²) < 4.78 is 4.65.